The van der Waals surface area contributed by atoms with Gasteiger partial charge in [0.1, 0.15) is 8.64 Å². The van der Waals surface area contributed by atoms with E-state index in [1.54, 1.807) is 0 Å². The van der Waals surface area contributed by atoms with Gasteiger partial charge in [0.2, 0.25) is 0 Å². The first-order valence-electron chi connectivity index (χ1n) is 7.31. The molecule has 0 bridgehead atoms. The minimum Gasteiger partial charge on any atom is -0.286 e. The summed E-state index contributed by atoms with van der Waals surface area (Å²) in [5, 5.41) is 0. The maximum absolute atomic E-state index is 12.8. The van der Waals surface area contributed by atoms with Crippen LogP contribution in [0.3, 0.4) is 0 Å². The van der Waals surface area contributed by atoms with E-state index < -0.39 is 0 Å². The van der Waals surface area contributed by atoms with Gasteiger partial charge < -0.3 is 0 Å². The van der Waals surface area contributed by atoms with Crippen LogP contribution in [0.15, 0.2) is 0 Å². The summed E-state index contributed by atoms with van der Waals surface area (Å²) in [5.41, 5.74) is 0. The number of carbonyl (C=O) groups is 1. The van der Waals surface area contributed by atoms with Crippen LogP contribution in [0.2, 0.25) is 0 Å². The van der Waals surface area contributed by atoms with Crippen LogP contribution in [0.4, 0.5) is 4.79 Å². The molecule has 0 aliphatic heterocycles. The Morgan fingerprint density at radius 3 is 1.23 bits per heavy atom. The molecule has 0 fully saturated rings. The fraction of sp³-hybridized carbons (Fsp3) is 0.769. The lowest BCUT2D eigenvalue weighted by Crippen LogP contribution is -2.52. The molecule has 2 amide bonds. The Bertz CT molecular complexity index is 352. The molecule has 5 nitrogen and oxygen atoms in total. The Hall–Kier alpha value is 0.0700. The van der Waals surface area contributed by atoms with Crippen molar-refractivity contribution < 1.29 is 4.79 Å². The molecular formula is C13H26N4OS4. The fourth-order valence-corrected chi connectivity index (χ4v) is 2.37. The molecule has 22 heavy (non-hydrogen) atoms. The summed E-state index contributed by atoms with van der Waals surface area (Å²) >= 11 is 18.6. The van der Waals surface area contributed by atoms with Gasteiger partial charge in [0.05, 0.1) is 13.3 Å². The van der Waals surface area contributed by atoms with E-state index in [2.05, 4.69) is 35.1 Å². The van der Waals surface area contributed by atoms with E-state index in [1.807, 2.05) is 27.7 Å². The predicted molar refractivity (Wildman–Crippen MR) is 108 cm³/mol. The van der Waals surface area contributed by atoms with Crippen molar-refractivity contribution >= 4 is 64.4 Å². The lowest BCUT2D eigenvalue weighted by atomic mass is 10.5. The lowest BCUT2D eigenvalue weighted by Gasteiger charge is -2.34. The number of carbonyl (C=O) groups excluding carboxylic acids is 1. The highest BCUT2D eigenvalue weighted by Gasteiger charge is 2.26. The molecule has 0 aliphatic rings. The van der Waals surface area contributed by atoms with Crippen LogP contribution in [0, 0.1) is 0 Å². The van der Waals surface area contributed by atoms with E-state index in [1.165, 1.54) is 9.80 Å². The van der Waals surface area contributed by atoms with Crippen molar-refractivity contribution in [2.45, 2.75) is 27.7 Å². The van der Waals surface area contributed by atoms with Crippen molar-refractivity contribution in [3.05, 3.63) is 0 Å². The number of urea groups is 1. The normalized spacial score (nSPS) is 10.9. The molecule has 9 heteroatoms. The summed E-state index contributed by atoms with van der Waals surface area (Å²) in [6.45, 7) is 12.2. The molecule has 128 valence electrons. The third-order valence-corrected chi connectivity index (χ3v) is 4.32. The van der Waals surface area contributed by atoms with Crippen molar-refractivity contribution in [2.24, 2.45) is 0 Å². The second kappa shape index (κ2) is 11.6. The molecule has 0 N–H and O–H groups in total. The summed E-state index contributed by atoms with van der Waals surface area (Å²) in [5.74, 6) is 0. The zero-order valence-electron chi connectivity index (χ0n) is 13.7. The number of rotatable bonds is 8. The smallest absolute Gasteiger partial charge is 0.286 e. The molecule has 0 saturated heterocycles. The zero-order valence-corrected chi connectivity index (χ0v) is 17.1. The van der Waals surface area contributed by atoms with Gasteiger partial charge in [-0.05, 0) is 26.2 Å². The molecule has 0 unspecified atom stereocenters. The van der Waals surface area contributed by atoms with Crippen LogP contribution in [-0.2, 0) is 0 Å². The number of thiol groups is 2. The minimum absolute atomic E-state index is 0.228. The Morgan fingerprint density at radius 1 is 0.773 bits per heavy atom. The summed E-state index contributed by atoms with van der Waals surface area (Å²) < 4.78 is 0.456. The molecule has 0 atom stereocenters. The van der Waals surface area contributed by atoms with Gasteiger partial charge in [-0.25, -0.2) is 4.79 Å². The zero-order chi connectivity index (χ0) is 17.3. The number of thiocarbonyl (C=S) groups is 2. The van der Waals surface area contributed by atoms with E-state index >= 15 is 0 Å². The lowest BCUT2D eigenvalue weighted by molar-refractivity contribution is 0.148. The van der Waals surface area contributed by atoms with Crippen molar-refractivity contribution in [3.8, 4) is 0 Å². The van der Waals surface area contributed by atoms with E-state index in [0.29, 0.717) is 13.3 Å². The van der Waals surface area contributed by atoms with Crippen LogP contribution < -0.4 is 0 Å². The molecule has 0 saturated carbocycles. The van der Waals surface area contributed by atoms with Crippen LogP contribution in [0.25, 0.3) is 0 Å². The Balaban J connectivity index is 5.20. The van der Waals surface area contributed by atoms with Crippen molar-refractivity contribution in [3.63, 3.8) is 0 Å². The number of hydrogen-bond acceptors (Lipinski definition) is 5. The number of amides is 2. The second-order valence-electron chi connectivity index (χ2n) is 4.59. The predicted octanol–water partition coefficient (Wildman–Crippen LogP) is 2.74. The SMILES string of the molecule is CCN(CC)CN(C(=O)N(CN(CC)CC)C(=S)S)C(=S)S. The van der Waals surface area contributed by atoms with Crippen LogP contribution in [-0.4, -0.2) is 73.8 Å². The highest BCUT2D eigenvalue weighted by molar-refractivity contribution is 8.11. The Kier molecular flexibility index (Phi) is 11.6. The van der Waals surface area contributed by atoms with Gasteiger partial charge in [0.15, 0.2) is 0 Å². The van der Waals surface area contributed by atoms with Gasteiger partial charge in [-0.15, -0.1) is 25.3 Å². The van der Waals surface area contributed by atoms with Gasteiger partial charge in [0.25, 0.3) is 0 Å². The molecule has 0 aromatic carbocycles. The maximum atomic E-state index is 12.8. The number of hydrogen-bond donors (Lipinski definition) is 2. The number of nitrogens with zero attached hydrogens (tertiary/aromatic N) is 4. The largest absolute Gasteiger partial charge is 0.333 e. The Labute approximate surface area is 155 Å². The maximum Gasteiger partial charge on any atom is 0.333 e. The third kappa shape index (κ3) is 7.10. The second-order valence-corrected chi connectivity index (χ2v) is 6.82. The summed E-state index contributed by atoms with van der Waals surface area (Å²) in [7, 11) is 0. The summed E-state index contributed by atoms with van der Waals surface area (Å²) in [6, 6.07) is -0.293. The molecule has 0 aliphatic carbocycles. The fourth-order valence-electron chi connectivity index (χ4n) is 1.80. The van der Waals surface area contributed by atoms with Gasteiger partial charge >= 0.3 is 6.03 Å². The average molecular weight is 383 g/mol. The van der Waals surface area contributed by atoms with E-state index in [0.717, 1.165) is 26.2 Å². The highest BCUT2D eigenvalue weighted by Crippen LogP contribution is 2.10. The standard InChI is InChI=1S/C13H26N4OS4/c1-5-14(6-2)9-16(12(19)20)11(18)17(13(21)22)10-15(7-3)8-4/h5-10H2,1-4H3,(H,19,20)(H,21,22). The van der Waals surface area contributed by atoms with Crippen LogP contribution in [0.5, 0.6) is 0 Å². The van der Waals surface area contributed by atoms with Gasteiger partial charge in [0, 0.05) is 0 Å². The quantitative estimate of drug-likeness (QED) is 0.383. The first-order valence-corrected chi connectivity index (χ1v) is 9.02. The summed E-state index contributed by atoms with van der Waals surface area (Å²) in [4.78, 5) is 19.8. The van der Waals surface area contributed by atoms with Gasteiger partial charge in [-0.2, -0.15) is 0 Å². The molecule has 0 rings (SSSR count). The topological polar surface area (TPSA) is 30.0 Å². The molecule has 0 aromatic heterocycles. The molecule has 0 spiro atoms. The molecular weight excluding hydrogens is 356 g/mol. The van der Waals surface area contributed by atoms with Crippen molar-refractivity contribution in [2.75, 3.05) is 39.5 Å². The summed E-state index contributed by atoms with van der Waals surface area (Å²) in [6.07, 6.45) is 0. The van der Waals surface area contributed by atoms with Crippen LogP contribution >= 0.6 is 49.7 Å². The van der Waals surface area contributed by atoms with E-state index in [4.69, 9.17) is 24.4 Å². The molecule has 0 aromatic rings. The highest BCUT2D eigenvalue weighted by atomic mass is 32.1. The monoisotopic (exact) mass is 382 g/mol. The van der Waals surface area contributed by atoms with Crippen molar-refractivity contribution in [1.82, 2.24) is 19.6 Å². The van der Waals surface area contributed by atoms with Crippen LogP contribution in [0.1, 0.15) is 27.7 Å². The first kappa shape index (κ1) is 22.1. The van der Waals surface area contributed by atoms with Gasteiger partial charge in [-0.3, -0.25) is 19.6 Å². The van der Waals surface area contributed by atoms with Crippen molar-refractivity contribution in [1.29, 1.82) is 0 Å². The molecule has 0 radical (unpaired) electrons. The van der Waals surface area contributed by atoms with E-state index in [-0.39, 0.29) is 14.7 Å². The average Bonchev–Trinajstić information content (AvgIpc) is 2.48. The Morgan fingerprint density at radius 2 is 1.05 bits per heavy atom. The first-order chi connectivity index (χ1) is 10.3. The van der Waals surface area contributed by atoms with Gasteiger partial charge in [-0.1, -0.05) is 52.1 Å². The third-order valence-electron chi connectivity index (χ3n) is 3.40. The molecule has 0 heterocycles. The minimum atomic E-state index is -0.293. The van der Waals surface area contributed by atoms with E-state index in [9.17, 15) is 4.79 Å².